The van der Waals surface area contributed by atoms with Gasteiger partial charge in [-0.15, -0.1) is 0 Å². The van der Waals surface area contributed by atoms with Crippen molar-refractivity contribution in [3.05, 3.63) is 98.9 Å². The molecule has 3 atom stereocenters. The van der Waals surface area contributed by atoms with Crippen molar-refractivity contribution in [1.29, 1.82) is 0 Å². The number of esters is 1. The number of ether oxygens (including phenoxy) is 2. The third-order valence-electron chi connectivity index (χ3n) is 7.44. The predicted molar refractivity (Wildman–Crippen MR) is 185 cm³/mol. The van der Waals surface area contributed by atoms with Crippen LogP contribution in [0.1, 0.15) is 62.1 Å². The lowest BCUT2D eigenvalue weighted by molar-refractivity contribution is -0.175. The van der Waals surface area contributed by atoms with Crippen molar-refractivity contribution in [2.24, 2.45) is 5.92 Å². The summed E-state index contributed by atoms with van der Waals surface area (Å²) in [6.07, 6.45) is -4.30. The van der Waals surface area contributed by atoms with Crippen molar-refractivity contribution in [3.8, 4) is 5.75 Å². The molecule has 12 nitrogen and oxygen atoms in total. The van der Waals surface area contributed by atoms with Gasteiger partial charge in [-0.05, 0) is 68.1 Å². The molecule has 0 fully saturated rings. The van der Waals surface area contributed by atoms with E-state index in [1.54, 1.807) is 45.0 Å². The van der Waals surface area contributed by atoms with Gasteiger partial charge in [0.05, 0.1) is 18.7 Å². The van der Waals surface area contributed by atoms with Crippen LogP contribution in [0.5, 0.6) is 5.75 Å². The average molecular weight is 749 g/mol. The summed E-state index contributed by atoms with van der Waals surface area (Å²) in [4.78, 5) is 78.3. The molecule has 3 rings (SSSR count). The number of aromatic nitrogens is 1. The summed E-state index contributed by atoms with van der Waals surface area (Å²) in [5.41, 5.74) is -0.935. The molecule has 0 spiro atoms. The molecule has 0 bridgehead atoms. The number of halogens is 4. The maximum absolute atomic E-state index is 14.0. The molecule has 16 heteroatoms. The van der Waals surface area contributed by atoms with Gasteiger partial charge < -0.3 is 30.0 Å². The molecule has 0 saturated heterocycles. The number of ketones is 1. The number of carbonyl (C=O) groups is 5. The van der Waals surface area contributed by atoms with Crippen molar-refractivity contribution in [2.45, 2.75) is 77.5 Å². The van der Waals surface area contributed by atoms with Crippen molar-refractivity contribution >= 4 is 41.1 Å². The molecule has 0 aliphatic carbocycles. The maximum atomic E-state index is 14.0. The SMILES string of the molecule is COc1ccc([C@H](NC(=O)[C@H](Cc2cccc(Cl)c2)NC(=O)c2ccc(=O)n(CC(=O)OC(C)(C)C)c2)C(=O)N[C@H](C(=O)C(F)(F)F)C(C)C)cc1. The van der Waals surface area contributed by atoms with Crippen molar-refractivity contribution in [2.75, 3.05) is 7.11 Å². The van der Waals surface area contributed by atoms with E-state index in [-0.39, 0.29) is 17.5 Å². The van der Waals surface area contributed by atoms with E-state index in [1.807, 2.05) is 0 Å². The fourth-order valence-electron chi connectivity index (χ4n) is 4.94. The first-order valence-electron chi connectivity index (χ1n) is 16.0. The Bertz CT molecular complexity index is 1840. The highest BCUT2D eigenvalue weighted by Gasteiger charge is 2.45. The van der Waals surface area contributed by atoms with Gasteiger partial charge in [-0.1, -0.05) is 49.7 Å². The Kier molecular flexibility index (Phi) is 13.8. The summed E-state index contributed by atoms with van der Waals surface area (Å²) < 4.78 is 51.7. The number of amides is 3. The molecular weight excluding hydrogens is 709 g/mol. The number of hydrogen-bond donors (Lipinski definition) is 3. The summed E-state index contributed by atoms with van der Waals surface area (Å²) in [6.45, 7) is 7.09. The Balaban J connectivity index is 1.99. The van der Waals surface area contributed by atoms with Crippen LogP contribution in [0.3, 0.4) is 0 Å². The van der Waals surface area contributed by atoms with Gasteiger partial charge in [0.15, 0.2) is 0 Å². The zero-order chi connectivity index (χ0) is 39.0. The minimum atomic E-state index is -5.25. The normalized spacial score (nSPS) is 13.4. The van der Waals surface area contributed by atoms with Crippen LogP contribution >= 0.6 is 11.6 Å². The largest absolute Gasteiger partial charge is 0.497 e. The molecule has 0 aliphatic heterocycles. The molecule has 1 heterocycles. The van der Waals surface area contributed by atoms with E-state index in [0.717, 1.165) is 16.8 Å². The number of nitrogens with one attached hydrogen (secondary N) is 3. The number of Topliss-reactive ketones (excluding diaryl/α,β-unsaturated/α-hetero) is 1. The number of pyridine rings is 1. The van der Waals surface area contributed by atoms with E-state index in [1.165, 1.54) is 51.3 Å². The van der Waals surface area contributed by atoms with Crippen LogP contribution in [-0.4, -0.2) is 65.0 Å². The molecule has 2 aromatic carbocycles. The van der Waals surface area contributed by atoms with E-state index < -0.39 is 77.4 Å². The summed E-state index contributed by atoms with van der Waals surface area (Å²) in [5, 5.41) is 7.53. The number of carbonyl (C=O) groups excluding carboxylic acids is 5. The van der Waals surface area contributed by atoms with Gasteiger partial charge in [0.1, 0.15) is 30.0 Å². The number of benzene rings is 2. The highest BCUT2D eigenvalue weighted by Crippen LogP contribution is 2.24. The lowest BCUT2D eigenvalue weighted by Gasteiger charge is -2.27. The summed E-state index contributed by atoms with van der Waals surface area (Å²) in [7, 11) is 1.39. The van der Waals surface area contributed by atoms with Crippen LogP contribution in [-0.2, 0) is 36.9 Å². The lowest BCUT2D eigenvalue weighted by Crippen LogP contribution is -2.55. The third-order valence-corrected chi connectivity index (χ3v) is 7.68. The Morgan fingerprint density at radius 3 is 2.10 bits per heavy atom. The first-order valence-corrected chi connectivity index (χ1v) is 16.4. The fraction of sp³-hybridized carbons (Fsp3) is 0.389. The molecule has 0 unspecified atom stereocenters. The topological polar surface area (TPSA) is 162 Å². The van der Waals surface area contributed by atoms with Crippen LogP contribution in [0.4, 0.5) is 13.2 Å². The number of nitrogens with zero attached hydrogens (tertiary/aromatic N) is 1. The number of rotatable bonds is 14. The Labute approximate surface area is 303 Å². The number of hydrogen-bond acceptors (Lipinski definition) is 8. The van der Waals surface area contributed by atoms with Gasteiger partial charge in [0.2, 0.25) is 11.8 Å². The Morgan fingerprint density at radius 1 is 0.885 bits per heavy atom. The molecule has 1 aromatic heterocycles. The summed E-state index contributed by atoms with van der Waals surface area (Å²) >= 11 is 6.16. The molecule has 280 valence electrons. The molecule has 3 N–H and O–H groups in total. The molecule has 0 aliphatic rings. The van der Waals surface area contributed by atoms with Crippen LogP contribution in [0, 0.1) is 5.92 Å². The third kappa shape index (κ3) is 12.0. The van der Waals surface area contributed by atoms with Crippen molar-refractivity contribution < 1.29 is 46.6 Å². The van der Waals surface area contributed by atoms with E-state index >= 15 is 0 Å². The van der Waals surface area contributed by atoms with Gasteiger partial charge in [0, 0.05) is 23.7 Å². The molecule has 3 amide bonds. The highest BCUT2D eigenvalue weighted by atomic mass is 35.5. The highest BCUT2D eigenvalue weighted by molar-refractivity contribution is 6.30. The minimum absolute atomic E-state index is 0.109. The number of alkyl halides is 3. The molecule has 0 saturated carbocycles. The van der Waals surface area contributed by atoms with E-state index in [0.29, 0.717) is 16.3 Å². The quantitative estimate of drug-likeness (QED) is 0.206. The van der Waals surface area contributed by atoms with E-state index in [2.05, 4.69) is 16.0 Å². The second-order valence-electron chi connectivity index (χ2n) is 13.1. The Hall–Kier alpha value is -5.18. The van der Waals surface area contributed by atoms with Crippen LogP contribution < -0.4 is 26.2 Å². The maximum Gasteiger partial charge on any atom is 0.452 e. The molecule has 3 aromatic rings. The smallest absolute Gasteiger partial charge is 0.452 e. The average Bonchev–Trinajstić information content (AvgIpc) is 3.04. The predicted octanol–water partition coefficient (Wildman–Crippen LogP) is 4.32. The molecule has 52 heavy (non-hydrogen) atoms. The van der Waals surface area contributed by atoms with Crippen molar-refractivity contribution in [1.82, 2.24) is 20.5 Å². The Morgan fingerprint density at radius 2 is 1.54 bits per heavy atom. The van der Waals surface area contributed by atoms with Crippen LogP contribution in [0.15, 0.2) is 71.7 Å². The van der Waals surface area contributed by atoms with Gasteiger partial charge in [-0.25, -0.2) is 0 Å². The standard InChI is InChI=1S/C36H40ClF3N4O8/c1-20(2)29(31(47)36(38,39)40)42-34(50)30(22-10-13-25(51-6)14-11-22)43-33(49)26(17-21-8-7-9-24(37)16-21)41-32(48)23-12-15-27(45)44(18-23)19-28(46)52-35(3,4)5/h7-16,18,20,26,29-30H,17,19H2,1-6H3,(H,41,48)(H,42,50)(H,43,49)/t26-,29-,30-/m0/s1. The zero-order valence-corrected chi connectivity index (χ0v) is 30.1. The fourth-order valence-corrected chi connectivity index (χ4v) is 5.15. The van der Waals surface area contributed by atoms with Gasteiger partial charge in [-0.3, -0.25) is 28.8 Å². The van der Waals surface area contributed by atoms with Crippen LogP contribution in [0.25, 0.3) is 0 Å². The van der Waals surface area contributed by atoms with Gasteiger partial charge in [0.25, 0.3) is 17.2 Å². The second-order valence-corrected chi connectivity index (χ2v) is 13.6. The summed E-state index contributed by atoms with van der Waals surface area (Å²) in [6, 6.07) is 9.29. The van der Waals surface area contributed by atoms with Crippen molar-refractivity contribution in [3.63, 3.8) is 0 Å². The molecular formula is C36H40ClF3N4O8. The zero-order valence-electron chi connectivity index (χ0n) is 29.3. The van der Waals surface area contributed by atoms with E-state index in [4.69, 9.17) is 21.1 Å². The minimum Gasteiger partial charge on any atom is -0.497 e. The first kappa shape index (κ1) is 41.2. The van der Waals surface area contributed by atoms with Gasteiger partial charge >= 0.3 is 12.1 Å². The van der Waals surface area contributed by atoms with Crippen LogP contribution in [0.2, 0.25) is 5.02 Å². The lowest BCUT2D eigenvalue weighted by atomic mass is 9.97. The van der Waals surface area contributed by atoms with Gasteiger partial charge in [-0.2, -0.15) is 13.2 Å². The number of methoxy groups -OCH3 is 1. The molecule has 0 radical (unpaired) electrons. The summed E-state index contributed by atoms with van der Waals surface area (Å²) in [5.74, 6) is -6.41. The monoisotopic (exact) mass is 748 g/mol. The van der Waals surface area contributed by atoms with E-state index in [9.17, 15) is 41.9 Å². The second kappa shape index (κ2) is 17.4. The first-order chi connectivity index (χ1) is 24.2.